The summed E-state index contributed by atoms with van der Waals surface area (Å²) in [5.41, 5.74) is 1.08. The highest BCUT2D eigenvalue weighted by atomic mass is 16.2. The normalized spacial score (nSPS) is 10.4. The Bertz CT molecular complexity index is 304. The van der Waals surface area contributed by atoms with Crippen molar-refractivity contribution < 1.29 is 5.11 Å². The zero-order chi connectivity index (χ0) is 11.8. The van der Waals surface area contributed by atoms with Gasteiger partial charge in [0.05, 0.1) is 0 Å². The van der Waals surface area contributed by atoms with Crippen molar-refractivity contribution >= 4 is 5.82 Å². The summed E-state index contributed by atoms with van der Waals surface area (Å²) in [4.78, 5) is 10.6. The van der Waals surface area contributed by atoms with Crippen LogP contribution in [0.25, 0.3) is 0 Å². The van der Waals surface area contributed by atoms with Gasteiger partial charge in [-0.15, -0.1) is 0 Å². The molecule has 0 saturated carbocycles. The third-order valence-electron chi connectivity index (χ3n) is 2.61. The number of nitrogens with zero attached hydrogens (tertiary/aromatic N) is 3. The lowest BCUT2D eigenvalue weighted by Crippen LogP contribution is -2.20. The topological polar surface area (TPSA) is 49.2 Å². The number of anilines is 1. The predicted molar refractivity (Wildman–Crippen MR) is 65.6 cm³/mol. The smallest absolute Gasteiger partial charge is 0.131 e. The van der Waals surface area contributed by atoms with Crippen molar-refractivity contribution in [3.63, 3.8) is 0 Å². The SMILES string of the molecule is CCc1cc(N(C)CCCCCO)ncn1. The van der Waals surface area contributed by atoms with Crippen LogP contribution < -0.4 is 4.90 Å². The zero-order valence-electron chi connectivity index (χ0n) is 10.2. The van der Waals surface area contributed by atoms with E-state index in [9.17, 15) is 0 Å². The molecule has 4 nitrogen and oxygen atoms in total. The Morgan fingerprint density at radius 1 is 1.25 bits per heavy atom. The lowest BCUT2D eigenvalue weighted by molar-refractivity contribution is 0.283. The van der Waals surface area contributed by atoms with E-state index in [-0.39, 0.29) is 6.61 Å². The first-order valence-corrected chi connectivity index (χ1v) is 5.90. The summed E-state index contributed by atoms with van der Waals surface area (Å²) < 4.78 is 0. The monoisotopic (exact) mass is 223 g/mol. The Labute approximate surface area is 97.3 Å². The molecule has 0 aromatic carbocycles. The van der Waals surface area contributed by atoms with Gasteiger partial charge in [0, 0.05) is 32.0 Å². The van der Waals surface area contributed by atoms with Crippen molar-refractivity contribution in [2.75, 3.05) is 25.1 Å². The first kappa shape index (κ1) is 12.9. The molecule has 0 fully saturated rings. The number of aromatic nitrogens is 2. The fourth-order valence-corrected chi connectivity index (χ4v) is 1.54. The second-order valence-corrected chi connectivity index (χ2v) is 3.93. The summed E-state index contributed by atoms with van der Waals surface area (Å²) in [7, 11) is 2.04. The highest BCUT2D eigenvalue weighted by Gasteiger charge is 2.03. The Morgan fingerprint density at radius 2 is 2.06 bits per heavy atom. The lowest BCUT2D eigenvalue weighted by atomic mass is 10.2. The first-order chi connectivity index (χ1) is 7.77. The molecule has 0 aliphatic heterocycles. The summed E-state index contributed by atoms with van der Waals surface area (Å²) in [5, 5.41) is 8.68. The molecule has 0 unspecified atom stereocenters. The van der Waals surface area contributed by atoms with E-state index in [0.29, 0.717) is 0 Å². The van der Waals surface area contributed by atoms with Crippen LogP contribution in [-0.2, 0) is 6.42 Å². The van der Waals surface area contributed by atoms with Crippen molar-refractivity contribution in [2.24, 2.45) is 0 Å². The van der Waals surface area contributed by atoms with Gasteiger partial charge < -0.3 is 10.0 Å². The summed E-state index contributed by atoms with van der Waals surface area (Å²) in [6, 6.07) is 2.03. The van der Waals surface area contributed by atoms with Gasteiger partial charge in [-0.25, -0.2) is 9.97 Å². The maximum atomic E-state index is 8.68. The quantitative estimate of drug-likeness (QED) is 0.714. The molecule has 90 valence electrons. The summed E-state index contributed by atoms with van der Waals surface area (Å²) >= 11 is 0. The second kappa shape index (κ2) is 7.17. The van der Waals surface area contributed by atoms with Crippen molar-refractivity contribution in [1.29, 1.82) is 0 Å². The summed E-state index contributed by atoms with van der Waals surface area (Å²) in [6.07, 6.45) is 5.60. The molecule has 0 saturated heterocycles. The molecule has 0 radical (unpaired) electrons. The third kappa shape index (κ3) is 4.14. The third-order valence-corrected chi connectivity index (χ3v) is 2.61. The standard InChI is InChI=1S/C12H21N3O/c1-3-11-9-12(14-10-13-11)15(2)7-5-4-6-8-16/h9-10,16H,3-8H2,1-2H3. The first-order valence-electron chi connectivity index (χ1n) is 5.90. The number of hydrogen-bond donors (Lipinski definition) is 1. The van der Waals surface area contributed by atoms with E-state index in [4.69, 9.17) is 5.11 Å². The minimum absolute atomic E-state index is 0.289. The Hall–Kier alpha value is -1.16. The van der Waals surface area contributed by atoms with E-state index in [1.807, 2.05) is 13.1 Å². The van der Waals surface area contributed by atoms with Crippen LogP contribution in [0.3, 0.4) is 0 Å². The number of aryl methyl sites for hydroxylation is 1. The number of rotatable bonds is 7. The molecule has 0 aliphatic rings. The van der Waals surface area contributed by atoms with Crippen LogP contribution in [0.4, 0.5) is 5.82 Å². The molecule has 1 aromatic rings. The molecule has 16 heavy (non-hydrogen) atoms. The van der Waals surface area contributed by atoms with Gasteiger partial charge in [0.1, 0.15) is 12.1 Å². The van der Waals surface area contributed by atoms with Crippen molar-refractivity contribution in [1.82, 2.24) is 9.97 Å². The van der Waals surface area contributed by atoms with Crippen LogP contribution >= 0.6 is 0 Å². The van der Waals surface area contributed by atoms with E-state index in [1.165, 1.54) is 0 Å². The van der Waals surface area contributed by atoms with Crippen LogP contribution in [0.2, 0.25) is 0 Å². The highest BCUT2D eigenvalue weighted by Crippen LogP contribution is 2.10. The molecular formula is C12H21N3O. The van der Waals surface area contributed by atoms with Gasteiger partial charge >= 0.3 is 0 Å². The minimum atomic E-state index is 0.289. The highest BCUT2D eigenvalue weighted by molar-refractivity contribution is 5.37. The maximum absolute atomic E-state index is 8.68. The molecule has 4 heteroatoms. The van der Waals surface area contributed by atoms with E-state index in [1.54, 1.807) is 6.33 Å². The van der Waals surface area contributed by atoms with Gasteiger partial charge in [-0.3, -0.25) is 0 Å². The molecular weight excluding hydrogens is 202 g/mol. The van der Waals surface area contributed by atoms with Gasteiger partial charge in [0.2, 0.25) is 0 Å². The lowest BCUT2D eigenvalue weighted by Gasteiger charge is -2.18. The van der Waals surface area contributed by atoms with Crippen LogP contribution in [0.5, 0.6) is 0 Å². The van der Waals surface area contributed by atoms with E-state index < -0.39 is 0 Å². The van der Waals surface area contributed by atoms with Gasteiger partial charge in [0.15, 0.2) is 0 Å². The van der Waals surface area contributed by atoms with Gasteiger partial charge in [0.25, 0.3) is 0 Å². The Balaban J connectivity index is 2.42. The fourth-order valence-electron chi connectivity index (χ4n) is 1.54. The Morgan fingerprint density at radius 3 is 2.75 bits per heavy atom. The molecule has 1 rings (SSSR count). The summed E-state index contributed by atoms with van der Waals surface area (Å²) in [5.74, 6) is 0.982. The van der Waals surface area contributed by atoms with E-state index >= 15 is 0 Å². The number of unbranched alkanes of at least 4 members (excludes halogenated alkanes) is 2. The van der Waals surface area contributed by atoms with Crippen LogP contribution in [0.1, 0.15) is 31.9 Å². The van der Waals surface area contributed by atoms with Crippen molar-refractivity contribution in [2.45, 2.75) is 32.6 Å². The zero-order valence-corrected chi connectivity index (χ0v) is 10.2. The molecule has 1 N–H and O–H groups in total. The molecule has 1 aromatic heterocycles. The van der Waals surface area contributed by atoms with Gasteiger partial charge in [-0.1, -0.05) is 6.92 Å². The minimum Gasteiger partial charge on any atom is -0.396 e. The largest absolute Gasteiger partial charge is 0.396 e. The Kier molecular flexibility index (Phi) is 5.78. The number of hydrogen-bond acceptors (Lipinski definition) is 4. The predicted octanol–water partition coefficient (Wildman–Crippen LogP) is 1.64. The molecule has 0 aliphatic carbocycles. The van der Waals surface area contributed by atoms with Gasteiger partial charge in [-0.05, 0) is 25.7 Å². The molecule has 0 amide bonds. The number of aliphatic hydroxyl groups is 1. The van der Waals surface area contributed by atoms with Crippen LogP contribution in [-0.4, -0.2) is 35.3 Å². The maximum Gasteiger partial charge on any atom is 0.131 e. The van der Waals surface area contributed by atoms with Crippen LogP contribution in [0, 0.1) is 0 Å². The second-order valence-electron chi connectivity index (χ2n) is 3.93. The average Bonchev–Trinajstić information content (AvgIpc) is 2.34. The van der Waals surface area contributed by atoms with Crippen molar-refractivity contribution in [3.8, 4) is 0 Å². The average molecular weight is 223 g/mol. The summed E-state index contributed by atoms with van der Waals surface area (Å²) in [6.45, 7) is 3.35. The van der Waals surface area contributed by atoms with Crippen molar-refractivity contribution in [3.05, 3.63) is 18.1 Å². The van der Waals surface area contributed by atoms with Crippen LogP contribution in [0.15, 0.2) is 12.4 Å². The fraction of sp³-hybridized carbons (Fsp3) is 0.667. The van der Waals surface area contributed by atoms with Gasteiger partial charge in [-0.2, -0.15) is 0 Å². The molecule has 0 atom stereocenters. The number of aliphatic hydroxyl groups excluding tert-OH is 1. The van der Waals surface area contributed by atoms with E-state index in [2.05, 4.69) is 21.8 Å². The molecule has 0 bridgehead atoms. The molecule has 0 spiro atoms. The van der Waals surface area contributed by atoms with E-state index in [0.717, 1.165) is 43.7 Å². The molecule has 1 heterocycles.